The molecule has 1 aliphatic heterocycles. The van der Waals surface area contributed by atoms with Gasteiger partial charge in [0.2, 0.25) is 5.88 Å². The van der Waals surface area contributed by atoms with Gasteiger partial charge in [-0.2, -0.15) is 0 Å². The van der Waals surface area contributed by atoms with Gasteiger partial charge in [-0.1, -0.05) is 25.6 Å². The average Bonchev–Trinajstić information content (AvgIpc) is 2.60. The van der Waals surface area contributed by atoms with Crippen LogP contribution in [0.4, 0.5) is 0 Å². The van der Waals surface area contributed by atoms with Crippen molar-refractivity contribution in [2.45, 2.75) is 43.9 Å². The van der Waals surface area contributed by atoms with Crippen LogP contribution in [0.1, 0.15) is 48.9 Å². The number of aromatic nitrogens is 3. The topological polar surface area (TPSA) is 103 Å². The number of pyridine rings is 1. The molecule has 0 aromatic carbocycles. The highest BCUT2D eigenvalue weighted by molar-refractivity contribution is 8.15. The van der Waals surface area contributed by atoms with Crippen molar-refractivity contribution in [3.8, 4) is 5.88 Å². The third kappa shape index (κ3) is 4.44. The van der Waals surface area contributed by atoms with E-state index < -0.39 is 5.54 Å². The molecule has 0 aliphatic carbocycles. The van der Waals surface area contributed by atoms with E-state index in [9.17, 15) is 4.79 Å². The molecule has 0 bridgehead atoms. The zero-order valence-electron chi connectivity index (χ0n) is 15.9. The van der Waals surface area contributed by atoms with Gasteiger partial charge in [-0.15, -0.1) is 0 Å². The summed E-state index contributed by atoms with van der Waals surface area (Å²) in [5.74, 6) is 0.258. The molecule has 7 nitrogen and oxygen atoms in total. The van der Waals surface area contributed by atoms with Crippen LogP contribution < -0.4 is 10.5 Å². The summed E-state index contributed by atoms with van der Waals surface area (Å²) in [5, 5.41) is 0.561. The van der Waals surface area contributed by atoms with Gasteiger partial charge >= 0.3 is 0 Å². The lowest BCUT2D eigenvalue weighted by atomic mass is 9.86. The van der Waals surface area contributed by atoms with Crippen LogP contribution in [0, 0.1) is 0 Å². The maximum atomic E-state index is 12.5. The number of ketones is 1. The second-order valence-electron chi connectivity index (χ2n) is 7.36. The van der Waals surface area contributed by atoms with Gasteiger partial charge in [-0.05, 0) is 31.0 Å². The van der Waals surface area contributed by atoms with Gasteiger partial charge in [0.05, 0.1) is 25.2 Å². The van der Waals surface area contributed by atoms with Gasteiger partial charge in [0.25, 0.3) is 0 Å². The van der Waals surface area contributed by atoms with Crippen LogP contribution in [-0.4, -0.2) is 37.8 Å². The van der Waals surface area contributed by atoms with E-state index >= 15 is 0 Å². The van der Waals surface area contributed by atoms with Gasteiger partial charge in [0.15, 0.2) is 11.0 Å². The molecule has 8 heteroatoms. The van der Waals surface area contributed by atoms with E-state index in [2.05, 4.69) is 33.8 Å². The maximum Gasteiger partial charge on any atom is 0.232 e. The lowest BCUT2D eigenvalue weighted by Crippen LogP contribution is -2.38. The molecule has 2 aromatic heterocycles. The number of amidine groups is 1. The number of carbonyl (C=O) groups excluding carboxylic acids is 1. The number of thioether (sulfide) groups is 1. The Balaban J connectivity index is 1.83. The number of rotatable bonds is 5. The van der Waals surface area contributed by atoms with Crippen molar-refractivity contribution in [1.29, 1.82) is 0 Å². The molecule has 1 aliphatic rings. The molecule has 0 fully saturated rings. The minimum absolute atomic E-state index is 0.0349. The van der Waals surface area contributed by atoms with E-state index in [1.807, 2.05) is 19.1 Å². The lowest BCUT2D eigenvalue weighted by Gasteiger charge is -2.38. The van der Waals surface area contributed by atoms with Crippen LogP contribution in [-0.2, 0) is 12.0 Å². The number of carbonyl (C=O) groups is 1. The van der Waals surface area contributed by atoms with Crippen LogP contribution in [0.3, 0.4) is 0 Å². The Morgan fingerprint density at radius 2 is 2.04 bits per heavy atom. The average molecular weight is 385 g/mol. The number of nitrogens with two attached hydrogens (primary N) is 1. The first-order valence-corrected chi connectivity index (χ1v) is 9.41. The summed E-state index contributed by atoms with van der Waals surface area (Å²) in [6.07, 6.45) is 5.59. The van der Waals surface area contributed by atoms with E-state index in [-0.39, 0.29) is 17.0 Å². The number of hydrogen-bond donors (Lipinski definition) is 1. The molecule has 0 unspecified atom stereocenters. The number of aliphatic imine (C=N–C) groups is 1. The van der Waals surface area contributed by atoms with E-state index in [1.54, 1.807) is 18.0 Å². The Morgan fingerprint density at radius 1 is 1.26 bits per heavy atom. The largest absolute Gasteiger partial charge is 0.480 e. The summed E-state index contributed by atoms with van der Waals surface area (Å²) in [4.78, 5) is 29.8. The first-order valence-electron chi connectivity index (χ1n) is 8.60. The lowest BCUT2D eigenvalue weighted by molar-refractivity contribution is 0.0987. The Labute approximate surface area is 162 Å². The van der Waals surface area contributed by atoms with Crippen LogP contribution >= 0.6 is 11.8 Å². The van der Waals surface area contributed by atoms with Crippen LogP contribution in [0.15, 0.2) is 35.7 Å². The number of ether oxygens (including phenoxy) is 1. The van der Waals surface area contributed by atoms with Crippen molar-refractivity contribution in [2.24, 2.45) is 10.7 Å². The molecule has 142 valence electrons. The Bertz CT molecular complexity index is 882. The highest BCUT2D eigenvalue weighted by atomic mass is 32.2. The van der Waals surface area contributed by atoms with Gasteiger partial charge < -0.3 is 10.5 Å². The fourth-order valence-electron chi connectivity index (χ4n) is 3.32. The molecule has 27 heavy (non-hydrogen) atoms. The minimum Gasteiger partial charge on any atom is -0.480 e. The molecule has 2 aromatic rings. The third-order valence-electron chi connectivity index (χ3n) is 4.37. The predicted octanol–water partition coefficient (Wildman–Crippen LogP) is 2.75. The van der Waals surface area contributed by atoms with E-state index in [4.69, 9.17) is 10.5 Å². The molecule has 0 radical (unpaired) electrons. The maximum absolute atomic E-state index is 12.5. The van der Waals surface area contributed by atoms with Crippen molar-refractivity contribution in [3.05, 3.63) is 47.7 Å². The van der Waals surface area contributed by atoms with Crippen molar-refractivity contribution < 1.29 is 9.53 Å². The van der Waals surface area contributed by atoms with Crippen LogP contribution in [0.25, 0.3) is 0 Å². The molecular formula is C19H23N5O2S. The molecule has 1 atom stereocenters. The summed E-state index contributed by atoms with van der Waals surface area (Å²) >= 11 is 1.58. The van der Waals surface area contributed by atoms with Gasteiger partial charge in [0.1, 0.15) is 11.2 Å². The number of nitrogens with zero attached hydrogens (tertiary/aromatic N) is 4. The second-order valence-corrected chi connectivity index (χ2v) is 9.08. The van der Waals surface area contributed by atoms with E-state index in [0.29, 0.717) is 16.7 Å². The van der Waals surface area contributed by atoms with Crippen molar-refractivity contribution in [1.82, 2.24) is 15.0 Å². The fourth-order valence-corrected chi connectivity index (χ4v) is 4.49. The summed E-state index contributed by atoms with van der Waals surface area (Å²) in [5.41, 5.74) is 7.50. The summed E-state index contributed by atoms with van der Waals surface area (Å²) in [6, 6.07) is 3.76. The predicted molar refractivity (Wildman–Crippen MR) is 106 cm³/mol. The SMILES string of the molecule is COc1cnc(C(=O)Cc2ccnc([C@]3(C)CC(C)(C)SC(N)=N3)c2)cn1. The zero-order chi connectivity index (χ0) is 19.7. The van der Waals surface area contributed by atoms with Crippen LogP contribution in [0.2, 0.25) is 0 Å². The minimum atomic E-state index is -0.516. The molecule has 3 rings (SSSR count). The Morgan fingerprint density at radius 3 is 2.67 bits per heavy atom. The number of hydrogen-bond acceptors (Lipinski definition) is 8. The number of Topliss-reactive ketones (excluding diaryl/α,β-unsaturated/α-hetero) is 1. The molecular weight excluding hydrogens is 362 g/mol. The summed E-state index contributed by atoms with van der Waals surface area (Å²) in [6.45, 7) is 6.32. The highest BCUT2D eigenvalue weighted by Crippen LogP contribution is 2.44. The van der Waals surface area contributed by atoms with Crippen molar-refractivity contribution in [3.63, 3.8) is 0 Å². The van der Waals surface area contributed by atoms with Gasteiger partial charge in [0, 0.05) is 17.4 Å². The summed E-state index contributed by atoms with van der Waals surface area (Å²) < 4.78 is 4.93. The quantitative estimate of drug-likeness (QED) is 0.789. The molecule has 3 heterocycles. The highest BCUT2D eigenvalue weighted by Gasteiger charge is 2.40. The zero-order valence-corrected chi connectivity index (χ0v) is 16.7. The molecule has 0 spiro atoms. The Kier molecular flexibility index (Phi) is 5.19. The molecule has 0 amide bonds. The molecule has 0 saturated carbocycles. The third-order valence-corrected chi connectivity index (χ3v) is 5.37. The second kappa shape index (κ2) is 7.26. The van der Waals surface area contributed by atoms with Gasteiger partial charge in [-0.25, -0.2) is 15.0 Å². The first kappa shape index (κ1) is 19.3. The molecule has 0 saturated heterocycles. The standard InChI is InChI=1S/C19H23N5O2S/c1-18(2)11-19(3,24-17(20)27-18)15-8-12(5-6-21-15)7-14(25)13-9-23-16(26-4)10-22-13/h5-6,8-10H,7,11H2,1-4H3,(H2,20,24)/t19-/m0/s1. The molecule has 2 N–H and O–H groups in total. The van der Waals surface area contributed by atoms with Crippen molar-refractivity contribution in [2.75, 3.05) is 7.11 Å². The normalized spacial score (nSPS) is 21.4. The summed E-state index contributed by atoms with van der Waals surface area (Å²) in [7, 11) is 1.50. The number of methoxy groups -OCH3 is 1. The fraction of sp³-hybridized carbons (Fsp3) is 0.421. The van der Waals surface area contributed by atoms with Crippen molar-refractivity contribution >= 4 is 22.7 Å². The first-order chi connectivity index (χ1) is 12.7. The smallest absolute Gasteiger partial charge is 0.232 e. The van der Waals surface area contributed by atoms with Gasteiger partial charge in [-0.3, -0.25) is 9.78 Å². The van der Waals surface area contributed by atoms with E-state index in [0.717, 1.165) is 17.7 Å². The van der Waals surface area contributed by atoms with Crippen LogP contribution in [0.5, 0.6) is 5.88 Å². The van der Waals surface area contributed by atoms with E-state index in [1.165, 1.54) is 19.5 Å². The Hall–Kier alpha value is -2.48. The monoisotopic (exact) mass is 385 g/mol.